The van der Waals surface area contributed by atoms with Gasteiger partial charge in [-0.05, 0) is 114 Å². The zero-order valence-corrected chi connectivity index (χ0v) is 28.5. The monoisotopic (exact) mass is 733 g/mol. The number of halogens is 4. The van der Waals surface area contributed by atoms with Crippen molar-refractivity contribution in [1.29, 1.82) is 0 Å². The van der Waals surface area contributed by atoms with Crippen LogP contribution in [0, 0.1) is 12.7 Å². The van der Waals surface area contributed by atoms with Crippen LogP contribution in [0.1, 0.15) is 42.4 Å². The van der Waals surface area contributed by atoms with Gasteiger partial charge < -0.3 is 14.3 Å². The molecule has 1 aromatic heterocycles. The van der Waals surface area contributed by atoms with E-state index in [4.69, 9.17) is 14.1 Å². The van der Waals surface area contributed by atoms with E-state index in [1.807, 2.05) is 55.5 Å². The minimum atomic E-state index is -3.07. The molecule has 1 N–H and O–H groups in total. The second-order valence-electron chi connectivity index (χ2n) is 12.7. The summed E-state index contributed by atoms with van der Waals surface area (Å²) in [5.74, 6) is -0.999. The van der Waals surface area contributed by atoms with Gasteiger partial charge in [-0.1, -0.05) is 42.5 Å². The average Bonchev–Trinajstić information content (AvgIpc) is 3.84. The molecule has 254 valence electrons. The second-order valence-corrected chi connectivity index (χ2v) is 13.5. The predicted molar refractivity (Wildman–Crippen MR) is 185 cm³/mol. The van der Waals surface area contributed by atoms with Crippen molar-refractivity contribution in [2.24, 2.45) is 0 Å². The first-order chi connectivity index (χ1) is 23.7. The number of carboxylic acid groups (broad SMARTS) is 1. The van der Waals surface area contributed by atoms with E-state index in [1.165, 1.54) is 18.9 Å². The van der Waals surface area contributed by atoms with Gasteiger partial charge in [-0.2, -0.15) is 8.78 Å². The van der Waals surface area contributed by atoms with Crippen molar-refractivity contribution in [2.75, 3.05) is 19.6 Å². The number of hydrogen-bond donors (Lipinski definition) is 1. The van der Waals surface area contributed by atoms with E-state index in [9.17, 15) is 18.7 Å². The van der Waals surface area contributed by atoms with E-state index in [0.29, 0.717) is 47.5 Å². The number of rotatable bonds is 10. The lowest BCUT2D eigenvalue weighted by Crippen LogP contribution is -2.35. The summed E-state index contributed by atoms with van der Waals surface area (Å²) < 4.78 is 54.1. The number of benzene rings is 4. The van der Waals surface area contributed by atoms with Crippen LogP contribution in [0.15, 0.2) is 75.6 Å². The Kier molecular flexibility index (Phi) is 9.50. The Labute approximate surface area is 290 Å². The lowest BCUT2D eigenvalue weighted by atomic mass is 9.93. The SMILES string of the molecule is Cc1c(-c2nc3cc(CN4CCCC4C(=O)O)c(OC(F)F)cc3o2)cccc1-c1cccc(-c2ccc(CN3CCCC3)cc2F)c1Br. The van der Waals surface area contributed by atoms with Gasteiger partial charge in [-0.25, -0.2) is 9.37 Å². The third kappa shape index (κ3) is 6.84. The molecule has 1 unspecified atom stereocenters. The summed E-state index contributed by atoms with van der Waals surface area (Å²) in [4.78, 5) is 20.6. The molecular formula is C38H35BrF3N3O4. The minimum absolute atomic E-state index is 0.0798. The molecule has 4 aromatic carbocycles. The molecule has 11 heteroatoms. The molecule has 2 aliphatic heterocycles. The van der Waals surface area contributed by atoms with E-state index < -0.39 is 18.6 Å². The van der Waals surface area contributed by atoms with Gasteiger partial charge in [0.05, 0.1) is 0 Å². The quantitative estimate of drug-likeness (QED) is 0.153. The second kappa shape index (κ2) is 14.0. The van der Waals surface area contributed by atoms with Crippen molar-refractivity contribution in [3.63, 3.8) is 0 Å². The fraction of sp³-hybridized carbons (Fsp3) is 0.316. The molecule has 5 aromatic rings. The minimum Gasteiger partial charge on any atom is -0.480 e. The number of hydrogen-bond acceptors (Lipinski definition) is 6. The first-order valence-corrected chi connectivity index (χ1v) is 17.2. The molecule has 0 bridgehead atoms. The lowest BCUT2D eigenvalue weighted by molar-refractivity contribution is -0.142. The summed E-state index contributed by atoms with van der Waals surface area (Å²) in [6.07, 6.45) is 3.56. The number of aliphatic carboxylic acids is 1. The van der Waals surface area contributed by atoms with Crippen LogP contribution < -0.4 is 4.74 Å². The number of oxazole rings is 1. The molecule has 2 fully saturated rings. The smallest absolute Gasteiger partial charge is 0.387 e. The van der Waals surface area contributed by atoms with E-state index in [2.05, 4.69) is 20.8 Å². The van der Waals surface area contributed by atoms with Gasteiger partial charge in [0.1, 0.15) is 23.1 Å². The van der Waals surface area contributed by atoms with Gasteiger partial charge in [0.25, 0.3) is 0 Å². The molecular weight excluding hydrogens is 699 g/mol. The van der Waals surface area contributed by atoms with Gasteiger partial charge in [0, 0.05) is 40.3 Å². The molecule has 7 rings (SSSR count). The molecule has 49 heavy (non-hydrogen) atoms. The fourth-order valence-corrected chi connectivity index (χ4v) is 7.83. The third-order valence-electron chi connectivity index (χ3n) is 9.59. The highest BCUT2D eigenvalue weighted by Crippen LogP contribution is 2.41. The normalized spacial score (nSPS) is 17.1. The summed E-state index contributed by atoms with van der Waals surface area (Å²) in [6.45, 7) is 2.37. The van der Waals surface area contributed by atoms with E-state index in [1.54, 1.807) is 17.0 Å². The zero-order valence-electron chi connectivity index (χ0n) is 26.9. The van der Waals surface area contributed by atoms with Crippen molar-refractivity contribution >= 4 is 33.0 Å². The molecule has 1 atom stereocenters. The fourth-order valence-electron chi connectivity index (χ4n) is 7.14. The van der Waals surface area contributed by atoms with Crippen molar-refractivity contribution in [3.05, 3.63) is 93.7 Å². The molecule has 0 aliphatic carbocycles. The summed E-state index contributed by atoms with van der Waals surface area (Å²) in [7, 11) is 0. The first-order valence-electron chi connectivity index (χ1n) is 16.4. The van der Waals surface area contributed by atoms with Gasteiger partial charge >= 0.3 is 12.6 Å². The number of carboxylic acids is 1. The Hall–Kier alpha value is -4.19. The Morgan fingerprint density at radius 2 is 1.67 bits per heavy atom. The lowest BCUT2D eigenvalue weighted by Gasteiger charge is -2.22. The number of fused-ring (bicyclic) bond motifs is 1. The van der Waals surface area contributed by atoms with Gasteiger partial charge in [-0.3, -0.25) is 14.6 Å². The zero-order chi connectivity index (χ0) is 34.2. The van der Waals surface area contributed by atoms with Crippen LogP contribution in [-0.2, 0) is 17.9 Å². The van der Waals surface area contributed by atoms with Crippen molar-refractivity contribution in [1.82, 2.24) is 14.8 Å². The molecule has 2 saturated heterocycles. The highest BCUT2D eigenvalue weighted by molar-refractivity contribution is 9.10. The van der Waals surface area contributed by atoms with E-state index in [-0.39, 0.29) is 23.7 Å². The highest BCUT2D eigenvalue weighted by atomic mass is 79.9. The van der Waals surface area contributed by atoms with Crippen LogP contribution in [0.25, 0.3) is 44.8 Å². The van der Waals surface area contributed by atoms with Crippen LogP contribution in [0.4, 0.5) is 13.2 Å². The molecule has 0 saturated carbocycles. The number of alkyl halides is 2. The Morgan fingerprint density at radius 3 is 2.39 bits per heavy atom. The van der Waals surface area contributed by atoms with Gasteiger partial charge in [0.15, 0.2) is 5.58 Å². The highest BCUT2D eigenvalue weighted by Gasteiger charge is 2.31. The summed E-state index contributed by atoms with van der Waals surface area (Å²) in [5, 5.41) is 9.62. The summed E-state index contributed by atoms with van der Waals surface area (Å²) in [6, 6.07) is 19.3. The van der Waals surface area contributed by atoms with Crippen LogP contribution in [-0.4, -0.2) is 58.1 Å². The third-order valence-corrected chi connectivity index (χ3v) is 10.4. The maximum Gasteiger partial charge on any atom is 0.387 e. The number of nitrogens with zero attached hydrogens (tertiary/aromatic N) is 3. The molecule has 3 heterocycles. The molecule has 2 aliphatic rings. The van der Waals surface area contributed by atoms with Crippen LogP contribution in [0.5, 0.6) is 5.75 Å². The summed E-state index contributed by atoms with van der Waals surface area (Å²) >= 11 is 3.78. The van der Waals surface area contributed by atoms with Crippen LogP contribution >= 0.6 is 15.9 Å². The topological polar surface area (TPSA) is 79.0 Å². The summed E-state index contributed by atoms with van der Waals surface area (Å²) in [5.41, 5.74) is 6.62. The van der Waals surface area contributed by atoms with Crippen molar-refractivity contribution in [3.8, 4) is 39.5 Å². The van der Waals surface area contributed by atoms with E-state index in [0.717, 1.165) is 51.9 Å². The first kappa shape index (κ1) is 33.3. The molecule has 0 spiro atoms. The maximum atomic E-state index is 15.5. The molecule has 7 nitrogen and oxygen atoms in total. The van der Waals surface area contributed by atoms with Crippen molar-refractivity contribution < 1.29 is 32.2 Å². The molecule has 0 amide bonds. The number of likely N-dealkylation sites (tertiary alicyclic amines) is 2. The standard InChI is InChI=1S/C38H35BrF3N3O4/c1-22-25(28-9-5-10-29(35(28)39)27-13-12-23(17-30(27)40)20-44-14-2-3-15-44)7-4-8-26(22)36-43-31-18-24(21-45-16-6-11-32(45)37(46)47)33(49-38(41)42)19-34(31)48-36/h4-5,7-10,12-13,17-19,32,38H,2-3,6,11,14-16,20-21H2,1H3,(H,46,47). The Bertz CT molecular complexity index is 2030. The molecule has 0 radical (unpaired) electrons. The van der Waals surface area contributed by atoms with Gasteiger partial charge in [-0.15, -0.1) is 0 Å². The van der Waals surface area contributed by atoms with Crippen LogP contribution in [0.2, 0.25) is 0 Å². The Balaban J connectivity index is 1.21. The Morgan fingerprint density at radius 1 is 0.959 bits per heavy atom. The van der Waals surface area contributed by atoms with Gasteiger partial charge in [0.2, 0.25) is 5.89 Å². The largest absolute Gasteiger partial charge is 0.480 e. The number of carbonyl (C=O) groups is 1. The predicted octanol–water partition coefficient (Wildman–Crippen LogP) is 9.29. The van der Waals surface area contributed by atoms with E-state index >= 15 is 4.39 Å². The number of aromatic nitrogens is 1. The maximum absolute atomic E-state index is 15.5. The van der Waals surface area contributed by atoms with Crippen LogP contribution in [0.3, 0.4) is 0 Å². The average molecular weight is 735 g/mol. The number of ether oxygens (including phenoxy) is 1. The van der Waals surface area contributed by atoms with Crippen molar-refractivity contribution in [2.45, 2.75) is 58.3 Å².